The fourth-order valence-corrected chi connectivity index (χ4v) is 10.5. The zero-order chi connectivity index (χ0) is 65.4. The van der Waals surface area contributed by atoms with E-state index < -0.39 is 124 Å². The van der Waals surface area contributed by atoms with E-state index in [4.69, 9.17) is 28.4 Å². The number of carbonyl (C=O) groups excluding carboxylic acids is 1. The molecule has 0 bridgehead atoms. The van der Waals surface area contributed by atoms with Gasteiger partial charge in [0.2, 0.25) is 5.91 Å². The van der Waals surface area contributed by atoms with Crippen molar-refractivity contribution < 1.29 is 89.4 Å². The normalized spacial score (nSPS) is 28.8. The maximum atomic E-state index is 13.3. The largest absolute Gasteiger partial charge is 0.394 e. The highest BCUT2D eigenvalue weighted by Crippen LogP contribution is 2.33. The number of allylic oxidation sites excluding steroid dienone is 19. The van der Waals surface area contributed by atoms with Crippen molar-refractivity contribution in [2.45, 2.75) is 291 Å². The van der Waals surface area contributed by atoms with Gasteiger partial charge in [-0.25, -0.2) is 0 Å². The van der Waals surface area contributed by atoms with E-state index in [1.165, 1.54) is 44.9 Å². The fraction of sp³-hybridized carbons (Fsp3) is 0.704. The molecule has 0 aromatic heterocycles. The lowest BCUT2D eigenvalue weighted by atomic mass is 9.96. The molecule has 3 rings (SSSR count). The van der Waals surface area contributed by atoms with Crippen LogP contribution in [-0.2, 0) is 33.2 Å². The summed E-state index contributed by atoms with van der Waals surface area (Å²) in [6, 6.07) is -0.996. The van der Waals surface area contributed by atoms with E-state index in [-0.39, 0.29) is 18.9 Å². The quantitative estimate of drug-likeness (QED) is 0.0201. The number of unbranched alkanes of at least 4 members (excludes halogenated alkanes) is 15. The molecule has 0 spiro atoms. The molecule has 19 nitrogen and oxygen atoms in total. The second-order valence-corrected chi connectivity index (χ2v) is 23.5. The Kier molecular flexibility index (Phi) is 46.1. The second-order valence-electron chi connectivity index (χ2n) is 23.5. The Morgan fingerprint density at radius 3 is 1.24 bits per heavy atom. The lowest BCUT2D eigenvalue weighted by Crippen LogP contribution is -2.66. The molecule has 19 heteroatoms. The van der Waals surface area contributed by atoms with Crippen LogP contribution in [0.15, 0.2) is 122 Å². The van der Waals surface area contributed by atoms with E-state index in [0.717, 1.165) is 109 Å². The molecule has 90 heavy (non-hydrogen) atoms. The summed E-state index contributed by atoms with van der Waals surface area (Å²) in [5, 5.41) is 120. The molecule has 3 heterocycles. The standard InChI is InChI=1S/C71H117NO18/c1-3-5-7-9-11-13-14-15-16-17-18-19-20-21-22-23-24-25-26-27-28-29-30-31-32-33-34-35-36-37-38-39-40-41-43-45-47-49-59(77)72-54(55(76)48-46-44-42-12-10-8-6-4-2)53-85-69-65(83)62(80)67(57(51-74)87-69)90-71-66(84)63(81)68(58(52-75)88-71)89-70-64(82)61(79)60(78)56(50-73)86-70/h5,7,10-13,15-16,18-19,21-22,24-25,27-28,30-31,46,48,54-58,60-71,73-76,78-84H,3-4,6,8-9,14,17,20,23,26,29,32-45,47,49-53H2,1-2H3,(H,72,77)/b7-5-,12-10+,13-11-,16-15-,19-18-,22-21-,25-24-,28-27-,31-30-,48-46+. The minimum Gasteiger partial charge on any atom is -0.394 e. The maximum absolute atomic E-state index is 13.3. The molecule has 12 N–H and O–H groups in total. The van der Waals surface area contributed by atoms with Crippen molar-refractivity contribution in [1.82, 2.24) is 5.32 Å². The van der Waals surface area contributed by atoms with Crippen LogP contribution in [0.2, 0.25) is 0 Å². The number of aliphatic hydroxyl groups excluding tert-OH is 11. The summed E-state index contributed by atoms with van der Waals surface area (Å²) in [7, 11) is 0. The molecule has 514 valence electrons. The van der Waals surface area contributed by atoms with Crippen LogP contribution in [0.25, 0.3) is 0 Å². The first-order valence-corrected chi connectivity index (χ1v) is 33.8. The topological polar surface area (TPSA) is 307 Å². The van der Waals surface area contributed by atoms with Crippen molar-refractivity contribution >= 4 is 5.91 Å². The van der Waals surface area contributed by atoms with E-state index in [2.05, 4.69) is 129 Å². The van der Waals surface area contributed by atoms with Gasteiger partial charge in [0, 0.05) is 6.42 Å². The Morgan fingerprint density at radius 2 is 0.778 bits per heavy atom. The van der Waals surface area contributed by atoms with Crippen LogP contribution < -0.4 is 5.32 Å². The average Bonchev–Trinajstić information content (AvgIpc) is 0.847. The van der Waals surface area contributed by atoms with Crippen molar-refractivity contribution in [2.24, 2.45) is 0 Å². The molecule has 0 radical (unpaired) electrons. The van der Waals surface area contributed by atoms with Gasteiger partial charge >= 0.3 is 0 Å². The molecule has 3 saturated heterocycles. The summed E-state index contributed by atoms with van der Waals surface area (Å²) in [6.07, 6.45) is 43.8. The summed E-state index contributed by atoms with van der Waals surface area (Å²) < 4.78 is 34.2. The minimum absolute atomic E-state index is 0.225. The number of carbonyl (C=O) groups is 1. The number of hydrogen-bond acceptors (Lipinski definition) is 18. The van der Waals surface area contributed by atoms with Gasteiger partial charge in [-0.1, -0.05) is 212 Å². The SMILES string of the molecule is CC/C=C\C/C=C\C/C=C\C/C=C\C/C=C\C/C=C\C/C=C\C/C=C\CCCCCCCCCCCCCCC(=O)NC(COC1OC(CO)C(OC2OC(CO)C(OC3OC(CO)C(O)C(O)C3O)C(O)C2O)C(O)C1O)C(O)/C=C/CC/C=C/CCCC. The molecular formula is C71H117NO18. The summed E-state index contributed by atoms with van der Waals surface area (Å²) in [4.78, 5) is 13.3. The van der Waals surface area contributed by atoms with Crippen LogP contribution >= 0.6 is 0 Å². The highest BCUT2D eigenvalue weighted by Gasteiger charge is 2.53. The third-order valence-corrected chi connectivity index (χ3v) is 16.0. The van der Waals surface area contributed by atoms with Crippen LogP contribution in [0.4, 0.5) is 0 Å². The summed E-state index contributed by atoms with van der Waals surface area (Å²) in [5.74, 6) is -0.298. The summed E-state index contributed by atoms with van der Waals surface area (Å²) in [5.41, 5.74) is 0. The highest BCUT2D eigenvalue weighted by atomic mass is 16.8. The van der Waals surface area contributed by atoms with Crippen molar-refractivity contribution in [2.75, 3.05) is 26.4 Å². The van der Waals surface area contributed by atoms with Gasteiger partial charge in [0.15, 0.2) is 18.9 Å². The average molecular weight is 1270 g/mol. The Hall–Kier alpha value is -3.81. The Morgan fingerprint density at radius 1 is 0.411 bits per heavy atom. The van der Waals surface area contributed by atoms with Gasteiger partial charge in [0.25, 0.3) is 0 Å². The first-order valence-electron chi connectivity index (χ1n) is 33.8. The highest BCUT2D eigenvalue weighted by molar-refractivity contribution is 5.76. The van der Waals surface area contributed by atoms with Crippen molar-refractivity contribution in [3.05, 3.63) is 122 Å². The van der Waals surface area contributed by atoms with Gasteiger partial charge in [-0.15, -0.1) is 0 Å². The zero-order valence-electron chi connectivity index (χ0n) is 54.1. The van der Waals surface area contributed by atoms with Crippen LogP contribution in [0.3, 0.4) is 0 Å². The molecule has 0 aromatic carbocycles. The molecule has 17 atom stereocenters. The van der Waals surface area contributed by atoms with Crippen molar-refractivity contribution in [3.8, 4) is 0 Å². The number of ether oxygens (including phenoxy) is 6. The molecular weight excluding hydrogens is 1150 g/mol. The lowest BCUT2D eigenvalue weighted by molar-refractivity contribution is -0.379. The minimum atomic E-state index is -1.98. The third kappa shape index (κ3) is 33.3. The predicted octanol–water partition coefficient (Wildman–Crippen LogP) is 8.43. The fourth-order valence-electron chi connectivity index (χ4n) is 10.5. The molecule has 17 unspecified atom stereocenters. The molecule has 3 aliphatic heterocycles. The number of hydrogen-bond donors (Lipinski definition) is 12. The molecule has 0 aliphatic carbocycles. The van der Waals surface area contributed by atoms with Gasteiger partial charge < -0.3 is 89.9 Å². The van der Waals surface area contributed by atoms with Gasteiger partial charge in [-0.05, 0) is 89.9 Å². The van der Waals surface area contributed by atoms with E-state index in [9.17, 15) is 61.0 Å². The maximum Gasteiger partial charge on any atom is 0.220 e. The first-order chi connectivity index (χ1) is 43.8. The second kappa shape index (κ2) is 51.6. The van der Waals surface area contributed by atoms with E-state index in [1.807, 2.05) is 6.08 Å². The Balaban J connectivity index is 1.31. The number of amides is 1. The van der Waals surface area contributed by atoms with Crippen molar-refractivity contribution in [3.63, 3.8) is 0 Å². The van der Waals surface area contributed by atoms with E-state index >= 15 is 0 Å². The van der Waals surface area contributed by atoms with E-state index in [0.29, 0.717) is 12.8 Å². The Labute approximate surface area is 538 Å². The molecule has 3 fully saturated rings. The molecule has 0 saturated carbocycles. The number of aliphatic hydroxyl groups is 11. The summed E-state index contributed by atoms with van der Waals surface area (Å²) in [6.45, 7) is 1.47. The number of nitrogens with one attached hydrogen (secondary N) is 1. The van der Waals surface area contributed by atoms with Crippen LogP contribution in [-0.4, -0.2) is 193 Å². The van der Waals surface area contributed by atoms with Gasteiger partial charge in [0.1, 0.15) is 73.2 Å². The predicted molar refractivity (Wildman–Crippen MR) is 350 cm³/mol. The zero-order valence-corrected chi connectivity index (χ0v) is 54.1. The number of rotatable bonds is 49. The summed E-state index contributed by atoms with van der Waals surface area (Å²) >= 11 is 0. The van der Waals surface area contributed by atoms with Gasteiger partial charge in [-0.3, -0.25) is 4.79 Å². The third-order valence-electron chi connectivity index (χ3n) is 16.0. The molecule has 1 amide bonds. The lowest BCUT2D eigenvalue weighted by Gasteiger charge is -2.48. The molecule has 3 aliphatic rings. The molecule has 0 aromatic rings. The van der Waals surface area contributed by atoms with Gasteiger partial charge in [-0.2, -0.15) is 0 Å². The van der Waals surface area contributed by atoms with Crippen LogP contribution in [0, 0.1) is 0 Å². The van der Waals surface area contributed by atoms with Crippen LogP contribution in [0.5, 0.6) is 0 Å². The Bertz CT molecular complexity index is 2100. The van der Waals surface area contributed by atoms with E-state index in [1.54, 1.807) is 6.08 Å². The van der Waals surface area contributed by atoms with Gasteiger partial charge in [0.05, 0.1) is 38.6 Å². The van der Waals surface area contributed by atoms with Crippen molar-refractivity contribution in [1.29, 1.82) is 0 Å². The monoisotopic (exact) mass is 1270 g/mol. The first kappa shape index (κ1) is 80.4. The van der Waals surface area contributed by atoms with Crippen LogP contribution in [0.1, 0.15) is 187 Å². The smallest absolute Gasteiger partial charge is 0.220 e.